The van der Waals surface area contributed by atoms with Crippen LogP contribution in [-0.4, -0.2) is 58.8 Å². The van der Waals surface area contributed by atoms with E-state index in [-0.39, 0.29) is 19.3 Å². The van der Waals surface area contributed by atoms with E-state index in [2.05, 4.69) is 19.1 Å². The maximum atomic E-state index is 11.1. The van der Waals surface area contributed by atoms with Gasteiger partial charge in [0.15, 0.2) is 0 Å². The molecule has 2 N–H and O–H groups in total. The third-order valence-corrected chi connectivity index (χ3v) is 8.45. The van der Waals surface area contributed by atoms with Crippen molar-refractivity contribution in [2.24, 2.45) is 0 Å². The summed E-state index contributed by atoms with van der Waals surface area (Å²) in [6.07, 6.45) is 30.8. The standard InChI is InChI=1S/C35H65NO6/c1-2-3-4-5-6-7-8-9-10-11-12-13-14-15-16-17-18-19-20-21-22-29-36(30-23-26-33(37)38,31-24-27-34(39)40)32-25-28-35(41)42/h9-10H,2-8,11-32H2,1H3,(H2-,37,38,39,40,41,42)/b10-9+. The van der Waals surface area contributed by atoms with Gasteiger partial charge in [0.05, 0.1) is 39.0 Å². The smallest absolute Gasteiger partial charge is 0.303 e. The lowest BCUT2D eigenvalue weighted by atomic mass is 10.0. The first-order valence-corrected chi connectivity index (χ1v) is 17.4. The minimum Gasteiger partial charge on any atom is -0.550 e. The third kappa shape index (κ3) is 28.2. The predicted octanol–water partition coefficient (Wildman–Crippen LogP) is 8.05. The summed E-state index contributed by atoms with van der Waals surface area (Å²) < 4.78 is 0.614. The fourth-order valence-electron chi connectivity index (χ4n) is 5.94. The van der Waals surface area contributed by atoms with Gasteiger partial charge >= 0.3 is 11.9 Å². The zero-order valence-corrected chi connectivity index (χ0v) is 27.1. The maximum Gasteiger partial charge on any atom is 0.303 e. The van der Waals surface area contributed by atoms with Crippen LogP contribution in [0.25, 0.3) is 0 Å². The number of carboxylic acid groups (broad SMARTS) is 3. The number of quaternary nitrogens is 1. The van der Waals surface area contributed by atoms with Crippen LogP contribution in [0.4, 0.5) is 0 Å². The minimum absolute atomic E-state index is 0.0196. The van der Waals surface area contributed by atoms with E-state index in [4.69, 9.17) is 10.2 Å². The highest BCUT2D eigenvalue weighted by Crippen LogP contribution is 2.19. The average Bonchev–Trinajstić information content (AvgIpc) is 2.93. The van der Waals surface area contributed by atoms with Crippen molar-refractivity contribution in [2.75, 3.05) is 26.2 Å². The van der Waals surface area contributed by atoms with Crippen LogP contribution in [0.3, 0.4) is 0 Å². The van der Waals surface area contributed by atoms with Gasteiger partial charge in [-0.2, -0.15) is 0 Å². The molecule has 246 valence electrons. The molecule has 0 aliphatic heterocycles. The Morgan fingerprint density at radius 1 is 0.500 bits per heavy atom. The van der Waals surface area contributed by atoms with E-state index in [9.17, 15) is 19.5 Å². The fourth-order valence-corrected chi connectivity index (χ4v) is 5.94. The summed E-state index contributed by atoms with van der Waals surface area (Å²) in [6, 6.07) is 0. The van der Waals surface area contributed by atoms with Gasteiger partial charge in [-0.15, -0.1) is 0 Å². The lowest BCUT2D eigenvalue weighted by molar-refractivity contribution is -0.929. The van der Waals surface area contributed by atoms with Crippen LogP contribution in [0.5, 0.6) is 0 Å². The first-order chi connectivity index (χ1) is 20.3. The Morgan fingerprint density at radius 3 is 1.21 bits per heavy atom. The zero-order chi connectivity index (χ0) is 31.2. The monoisotopic (exact) mass is 595 g/mol. The van der Waals surface area contributed by atoms with Crippen LogP contribution >= 0.6 is 0 Å². The van der Waals surface area contributed by atoms with Crippen molar-refractivity contribution in [3.63, 3.8) is 0 Å². The first-order valence-electron chi connectivity index (χ1n) is 17.4. The second-order valence-electron chi connectivity index (χ2n) is 12.4. The highest BCUT2D eigenvalue weighted by Gasteiger charge is 2.26. The molecule has 0 unspecified atom stereocenters. The van der Waals surface area contributed by atoms with Gasteiger partial charge in [0, 0.05) is 25.2 Å². The normalized spacial score (nSPS) is 11.8. The highest BCUT2D eigenvalue weighted by atomic mass is 16.4. The molecule has 0 spiro atoms. The molecule has 0 aromatic carbocycles. The molecule has 0 saturated heterocycles. The molecule has 0 fully saturated rings. The minimum atomic E-state index is -1.07. The molecule has 0 aromatic rings. The molecule has 0 heterocycles. The topological polar surface area (TPSA) is 115 Å². The van der Waals surface area contributed by atoms with Crippen LogP contribution in [0.15, 0.2) is 12.2 Å². The van der Waals surface area contributed by atoms with Crippen LogP contribution in [0.1, 0.15) is 167 Å². The van der Waals surface area contributed by atoms with Crippen LogP contribution in [0.2, 0.25) is 0 Å². The molecule has 42 heavy (non-hydrogen) atoms. The predicted molar refractivity (Wildman–Crippen MR) is 170 cm³/mol. The van der Waals surface area contributed by atoms with Gasteiger partial charge in [0.25, 0.3) is 0 Å². The van der Waals surface area contributed by atoms with Crippen molar-refractivity contribution in [1.29, 1.82) is 0 Å². The van der Waals surface area contributed by atoms with Gasteiger partial charge < -0.3 is 24.6 Å². The Balaban J connectivity index is 4.04. The molecule has 0 saturated carbocycles. The maximum absolute atomic E-state index is 11.1. The average molecular weight is 596 g/mol. The molecule has 0 aromatic heterocycles. The molecule has 0 aliphatic carbocycles. The number of nitrogens with zero attached hydrogens (tertiary/aromatic N) is 1. The lowest BCUT2D eigenvalue weighted by Gasteiger charge is -2.39. The Hall–Kier alpha value is -1.89. The molecule has 0 rings (SSSR count). The first kappa shape index (κ1) is 40.1. The van der Waals surface area contributed by atoms with E-state index in [1.807, 2.05) is 0 Å². The quantitative estimate of drug-likeness (QED) is 0.0451. The second kappa shape index (κ2) is 29.2. The number of allylic oxidation sites excluding steroid dienone is 2. The summed E-state index contributed by atoms with van der Waals surface area (Å²) in [6.45, 7) is 5.04. The van der Waals surface area contributed by atoms with Crippen LogP contribution < -0.4 is 5.11 Å². The van der Waals surface area contributed by atoms with E-state index in [0.29, 0.717) is 43.4 Å². The van der Waals surface area contributed by atoms with Gasteiger partial charge in [-0.3, -0.25) is 9.59 Å². The Morgan fingerprint density at radius 2 is 0.833 bits per heavy atom. The van der Waals surface area contributed by atoms with Crippen molar-refractivity contribution < 1.29 is 34.2 Å². The van der Waals surface area contributed by atoms with E-state index >= 15 is 0 Å². The van der Waals surface area contributed by atoms with Crippen molar-refractivity contribution in [2.45, 2.75) is 167 Å². The van der Waals surface area contributed by atoms with Crippen molar-refractivity contribution in [1.82, 2.24) is 0 Å². The molecule has 7 heteroatoms. The number of carboxylic acids is 3. The molecule has 0 aliphatic rings. The summed E-state index contributed by atoms with van der Waals surface area (Å²) in [5.74, 6) is -2.74. The summed E-state index contributed by atoms with van der Waals surface area (Å²) in [5, 5.41) is 29.2. The number of hydrogen-bond donors (Lipinski definition) is 2. The largest absolute Gasteiger partial charge is 0.550 e. The van der Waals surface area contributed by atoms with Crippen LogP contribution in [-0.2, 0) is 14.4 Å². The van der Waals surface area contributed by atoms with Gasteiger partial charge in [-0.1, -0.05) is 103 Å². The van der Waals surface area contributed by atoms with Gasteiger partial charge in [-0.05, 0) is 44.9 Å². The van der Waals surface area contributed by atoms with E-state index in [1.54, 1.807) is 0 Å². The Labute approximate surface area is 257 Å². The number of hydrogen-bond acceptors (Lipinski definition) is 4. The number of rotatable bonds is 33. The van der Waals surface area contributed by atoms with Gasteiger partial charge in [0.1, 0.15) is 0 Å². The number of carbonyl (C=O) groups excluding carboxylic acids is 1. The number of carbonyl (C=O) groups is 3. The van der Waals surface area contributed by atoms with Gasteiger partial charge in [-0.25, -0.2) is 0 Å². The number of aliphatic carboxylic acids is 3. The summed E-state index contributed by atoms with van der Waals surface area (Å²) in [5.41, 5.74) is 0. The fraction of sp³-hybridized carbons (Fsp3) is 0.857. The molecule has 0 amide bonds. The van der Waals surface area contributed by atoms with Crippen LogP contribution in [0, 0.1) is 0 Å². The molecular formula is C35H65NO6. The lowest BCUT2D eigenvalue weighted by Crippen LogP contribution is -2.51. The SMILES string of the molecule is CCCCCCCC/C=C/CCCCCCCCCCCCC[N+](CCCC(=O)[O-])(CCCC(=O)O)CCCC(=O)O. The summed E-state index contributed by atoms with van der Waals surface area (Å²) in [4.78, 5) is 33.1. The van der Waals surface area contributed by atoms with E-state index in [0.717, 1.165) is 19.4 Å². The summed E-state index contributed by atoms with van der Waals surface area (Å²) in [7, 11) is 0. The zero-order valence-electron chi connectivity index (χ0n) is 27.1. The molecule has 7 nitrogen and oxygen atoms in total. The molecule has 0 bridgehead atoms. The van der Waals surface area contributed by atoms with Crippen molar-refractivity contribution in [3.05, 3.63) is 12.2 Å². The Kier molecular flexibility index (Phi) is 27.9. The van der Waals surface area contributed by atoms with E-state index < -0.39 is 17.9 Å². The third-order valence-electron chi connectivity index (χ3n) is 8.45. The van der Waals surface area contributed by atoms with Crippen molar-refractivity contribution in [3.8, 4) is 0 Å². The Bertz CT molecular complexity index is 643. The second-order valence-corrected chi connectivity index (χ2v) is 12.4. The van der Waals surface area contributed by atoms with E-state index in [1.165, 1.54) is 109 Å². The molecule has 0 radical (unpaired) electrons. The van der Waals surface area contributed by atoms with Gasteiger partial charge in [0.2, 0.25) is 0 Å². The molecular weight excluding hydrogens is 530 g/mol. The molecule has 0 atom stereocenters. The van der Waals surface area contributed by atoms with Crippen molar-refractivity contribution >= 4 is 17.9 Å². The number of unbranched alkanes of at least 4 members (excludes halogenated alkanes) is 17. The summed E-state index contributed by atoms with van der Waals surface area (Å²) >= 11 is 0. The highest BCUT2D eigenvalue weighted by molar-refractivity contribution is 5.66.